The van der Waals surface area contributed by atoms with Gasteiger partial charge in [-0.3, -0.25) is 4.57 Å². The molecule has 4 N–H and O–H groups in total. The van der Waals surface area contributed by atoms with E-state index in [1.54, 1.807) is 0 Å². The first-order valence-electron chi connectivity index (χ1n) is 10.5. The summed E-state index contributed by atoms with van der Waals surface area (Å²) in [6.45, 7) is 13.7. The molecule has 0 saturated carbocycles. The standard InChI is InChI=1S/C13H27O9P.3C2H6/c1-19-8-9-10(14)11(15)12(16)13(22-9)20-6-4-3-5-7-21-23(2,17)18;3*1-2/h9-16H,3-8H2,1-2H3,(H,17,18);3*1-2H3. The van der Waals surface area contributed by atoms with Gasteiger partial charge in [0, 0.05) is 20.4 Å². The zero-order chi connectivity index (χ0) is 23.5. The third kappa shape index (κ3) is 16.3. The number of ether oxygens (including phenoxy) is 3. The van der Waals surface area contributed by atoms with Crippen LogP contribution in [0.1, 0.15) is 60.8 Å². The summed E-state index contributed by atoms with van der Waals surface area (Å²) in [7, 11) is -1.99. The normalized spacial score (nSPS) is 27.8. The predicted molar refractivity (Wildman–Crippen MR) is 114 cm³/mol. The van der Waals surface area contributed by atoms with E-state index in [9.17, 15) is 19.9 Å². The van der Waals surface area contributed by atoms with E-state index in [4.69, 9.17) is 23.6 Å². The van der Waals surface area contributed by atoms with Gasteiger partial charge >= 0.3 is 7.60 Å². The van der Waals surface area contributed by atoms with Gasteiger partial charge in [0.1, 0.15) is 24.4 Å². The van der Waals surface area contributed by atoms with Crippen molar-refractivity contribution in [2.45, 2.75) is 91.5 Å². The van der Waals surface area contributed by atoms with Gasteiger partial charge in [-0.15, -0.1) is 0 Å². The maximum absolute atomic E-state index is 10.9. The van der Waals surface area contributed by atoms with Gasteiger partial charge in [-0.1, -0.05) is 41.5 Å². The molecule has 29 heavy (non-hydrogen) atoms. The Morgan fingerprint density at radius 3 is 1.86 bits per heavy atom. The lowest BCUT2D eigenvalue weighted by Crippen LogP contribution is -2.59. The van der Waals surface area contributed by atoms with Crippen molar-refractivity contribution >= 4 is 7.60 Å². The number of hydrogen-bond acceptors (Lipinski definition) is 8. The Labute approximate surface area is 176 Å². The fraction of sp³-hybridized carbons (Fsp3) is 1.00. The van der Waals surface area contributed by atoms with E-state index in [2.05, 4.69) is 0 Å². The van der Waals surface area contributed by atoms with Gasteiger partial charge in [-0.2, -0.15) is 0 Å². The highest BCUT2D eigenvalue weighted by Gasteiger charge is 2.44. The van der Waals surface area contributed by atoms with E-state index in [1.807, 2.05) is 41.5 Å². The van der Waals surface area contributed by atoms with Crippen LogP contribution >= 0.6 is 7.60 Å². The first-order chi connectivity index (χ1) is 13.8. The van der Waals surface area contributed by atoms with Crippen LogP contribution in [0.15, 0.2) is 0 Å². The molecule has 0 aromatic rings. The molecule has 0 spiro atoms. The van der Waals surface area contributed by atoms with Gasteiger partial charge in [0.25, 0.3) is 0 Å². The zero-order valence-electron chi connectivity index (χ0n) is 19.4. The molecule has 1 aliphatic rings. The van der Waals surface area contributed by atoms with Crippen molar-refractivity contribution in [3.8, 4) is 0 Å². The Morgan fingerprint density at radius 2 is 1.38 bits per heavy atom. The van der Waals surface area contributed by atoms with Gasteiger partial charge < -0.3 is 38.9 Å². The minimum Gasteiger partial charge on any atom is -0.387 e. The summed E-state index contributed by atoms with van der Waals surface area (Å²) in [5.41, 5.74) is 0. The van der Waals surface area contributed by atoms with E-state index in [1.165, 1.54) is 7.11 Å². The third-order valence-corrected chi connectivity index (χ3v) is 4.06. The molecule has 1 saturated heterocycles. The van der Waals surface area contributed by atoms with Gasteiger partial charge in [-0.25, -0.2) is 0 Å². The van der Waals surface area contributed by atoms with Gasteiger partial charge in [0.15, 0.2) is 6.29 Å². The number of rotatable bonds is 10. The zero-order valence-corrected chi connectivity index (χ0v) is 20.3. The molecule has 1 rings (SSSR count). The Morgan fingerprint density at radius 1 is 0.862 bits per heavy atom. The molecule has 10 heteroatoms. The molecule has 1 aliphatic heterocycles. The summed E-state index contributed by atoms with van der Waals surface area (Å²) in [6.07, 6.45) is -3.85. The molecule has 1 heterocycles. The molecule has 0 aromatic carbocycles. The highest BCUT2D eigenvalue weighted by molar-refractivity contribution is 7.51. The van der Waals surface area contributed by atoms with Crippen molar-refractivity contribution in [1.82, 2.24) is 0 Å². The van der Waals surface area contributed by atoms with Crippen molar-refractivity contribution in [2.24, 2.45) is 0 Å². The highest BCUT2D eigenvalue weighted by atomic mass is 31.2. The van der Waals surface area contributed by atoms with Crippen molar-refractivity contribution in [3.63, 3.8) is 0 Å². The minimum absolute atomic E-state index is 0.0698. The Hall–Kier alpha value is -0.0900. The first-order valence-corrected chi connectivity index (χ1v) is 12.5. The second-order valence-corrected chi connectivity index (χ2v) is 7.40. The Bertz CT molecular complexity index is 379. The van der Waals surface area contributed by atoms with Gasteiger partial charge in [-0.05, 0) is 19.3 Å². The topological polar surface area (TPSA) is 135 Å². The van der Waals surface area contributed by atoms with E-state index in [0.29, 0.717) is 19.3 Å². The van der Waals surface area contributed by atoms with Crippen molar-refractivity contribution in [2.75, 3.05) is 33.6 Å². The maximum atomic E-state index is 10.9. The average molecular weight is 449 g/mol. The van der Waals surface area contributed by atoms with E-state index in [0.717, 1.165) is 6.66 Å². The number of hydrogen-bond donors (Lipinski definition) is 4. The summed E-state index contributed by atoms with van der Waals surface area (Å²) in [6, 6.07) is 0. The molecule has 0 aromatic heterocycles. The maximum Gasteiger partial charge on any atom is 0.325 e. The van der Waals surface area contributed by atoms with Crippen LogP contribution in [-0.2, 0) is 23.3 Å². The average Bonchev–Trinajstić information content (AvgIpc) is 2.72. The van der Waals surface area contributed by atoms with Crippen LogP contribution in [0.5, 0.6) is 0 Å². The fourth-order valence-corrected chi connectivity index (χ4v) is 2.64. The van der Waals surface area contributed by atoms with Crippen molar-refractivity contribution in [1.29, 1.82) is 0 Å². The number of methoxy groups -OCH3 is 1. The van der Waals surface area contributed by atoms with E-state index < -0.39 is 38.3 Å². The van der Waals surface area contributed by atoms with Crippen LogP contribution in [0.4, 0.5) is 0 Å². The Balaban J connectivity index is -0.00000103. The molecule has 0 aliphatic carbocycles. The fourth-order valence-electron chi connectivity index (χ4n) is 2.17. The smallest absolute Gasteiger partial charge is 0.325 e. The molecule has 0 amide bonds. The largest absolute Gasteiger partial charge is 0.387 e. The van der Waals surface area contributed by atoms with Gasteiger partial charge in [0.05, 0.1) is 13.2 Å². The molecule has 180 valence electrons. The number of aliphatic hydroxyl groups is 3. The molecule has 6 unspecified atom stereocenters. The summed E-state index contributed by atoms with van der Waals surface area (Å²) in [5, 5.41) is 29.4. The molecular formula is C19H45O9P. The number of unbranched alkanes of at least 4 members (excludes halogenated alkanes) is 2. The van der Waals surface area contributed by atoms with Crippen LogP contribution in [0, 0.1) is 0 Å². The lowest BCUT2D eigenvalue weighted by molar-refractivity contribution is -0.302. The number of aliphatic hydroxyl groups excluding tert-OH is 3. The second kappa shape index (κ2) is 21.2. The van der Waals surface area contributed by atoms with Gasteiger partial charge in [0.2, 0.25) is 0 Å². The highest BCUT2D eigenvalue weighted by Crippen LogP contribution is 2.36. The quantitative estimate of drug-likeness (QED) is 0.294. The van der Waals surface area contributed by atoms with Crippen LogP contribution in [0.2, 0.25) is 0 Å². The van der Waals surface area contributed by atoms with Crippen LogP contribution in [-0.4, -0.2) is 84.5 Å². The predicted octanol–water partition coefficient (Wildman–Crippen LogP) is 2.54. The van der Waals surface area contributed by atoms with Crippen LogP contribution in [0.25, 0.3) is 0 Å². The molecule has 0 bridgehead atoms. The Kier molecular flexibility index (Phi) is 24.5. The van der Waals surface area contributed by atoms with Crippen molar-refractivity contribution in [3.05, 3.63) is 0 Å². The molecule has 0 radical (unpaired) electrons. The minimum atomic E-state index is -3.43. The molecule has 1 fully saturated rings. The molecular weight excluding hydrogens is 403 g/mol. The first kappa shape index (κ1) is 33.5. The summed E-state index contributed by atoms with van der Waals surface area (Å²) in [5.74, 6) is 0. The lowest BCUT2D eigenvalue weighted by atomic mass is 9.99. The van der Waals surface area contributed by atoms with E-state index >= 15 is 0 Å². The summed E-state index contributed by atoms with van der Waals surface area (Å²) >= 11 is 0. The third-order valence-electron chi connectivity index (χ3n) is 3.40. The summed E-state index contributed by atoms with van der Waals surface area (Å²) in [4.78, 5) is 8.94. The summed E-state index contributed by atoms with van der Waals surface area (Å²) < 4.78 is 31.3. The molecule has 6 atom stereocenters. The lowest BCUT2D eigenvalue weighted by Gasteiger charge is -2.40. The monoisotopic (exact) mass is 448 g/mol. The molecule has 9 nitrogen and oxygen atoms in total. The SMILES string of the molecule is CC.CC.CC.COCC1OC(OCCCCCOP(C)(=O)O)C(O)C(O)C1O. The van der Waals surface area contributed by atoms with E-state index in [-0.39, 0.29) is 19.8 Å². The van der Waals surface area contributed by atoms with Crippen LogP contribution < -0.4 is 0 Å². The second-order valence-electron chi connectivity index (χ2n) is 5.54. The van der Waals surface area contributed by atoms with Crippen LogP contribution in [0.3, 0.4) is 0 Å². The van der Waals surface area contributed by atoms with Crippen molar-refractivity contribution < 1.29 is 43.5 Å².